The molecule has 0 aromatic carbocycles. The highest BCUT2D eigenvalue weighted by atomic mass is 28.4. The number of rotatable bonds is 7. The quantitative estimate of drug-likeness (QED) is 0.517. The highest BCUT2D eigenvalue weighted by Crippen LogP contribution is 2.31. The molecule has 0 aliphatic heterocycles. The van der Waals surface area contributed by atoms with Crippen LogP contribution in [0.3, 0.4) is 0 Å². The Morgan fingerprint density at radius 3 is 2.50 bits per heavy atom. The third kappa shape index (κ3) is 7.04. The van der Waals surface area contributed by atoms with Gasteiger partial charge in [-0.05, 0) is 63.8 Å². The highest BCUT2D eigenvalue weighted by Gasteiger charge is 2.29. The van der Waals surface area contributed by atoms with Gasteiger partial charge in [0.25, 0.3) is 0 Å². The van der Waals surface area contributed by atoms with Gasteiger partial charge in [-0.2, -0.15) is 0 Å². The fraction of sp³-hybridized carbons (Fsp3) is 0.933. The summed E-state index contributed by atoms with van der Waals surface area (Å²) in [5.74, 6) is 0.453. The Balaban J connectivity index is 2.36. The van der Waals surface area contributed by atoms with E-state index in [-0.39, 0.29) is 12.1 Å². The summed E-state index contributed by atoms with van der Waals surface area (Å²) >= 11 is 0. The van der Waals surface area contributed by atoms with Gasteiger partial charge < -0.3 is 8.85 Å². The maximum Gasteiger partial charge on any atom is 0.302 e. The molecule has 20 heavy (non-hydrogen) atoms. The van der Waals surface area contributed by atoms with Gasteiger partial charge >= 0.3 is 5.97 Å². The summed E-state index contributed by atoms with van der Waals surface area (Å²) in [5, 5.41) is 0. The van der Waals surface area contributed by atoms with Crippen LogP contribution in [0.15, 0.2) is 0 Å². The summed E-state index contributed by atoms with van der Waals surface area (Å²) in [6.45, 7) is 10.6. The second-order valence-electron chi connectivity index (χ2n) is 6.85. The summed E-state index contributed by atoms with van der Waals surface area (Å²) in [6.07, 6.45) is 7.34. The van der Waals surface area contributed by atoms with Crippen molar-refractivity contribution in [3.05, 3.63) is 0 Å². The lowest BCUT2D eigenvalue weighted by molar-refractivity contribution is -0.151. The van der Waals surface area contributed by atoms with E-state index in [1.54, 1.807) is 0 Å². The first-order valence-corrected chi connectivity index (χ1v) is 13.5. The molecule has 2 atom stereocenters. The standard InChI is InChI=1S/C15H31O3Si2/c1-13(16)17-15-11-7-6-9-14(15)10-8-12-20(4,5)18-19(2)3/h14-15H,6-12H2,1-5H3. The van der Waals surface area contributed by atoms with Gasteiger partial charge in [0.2, 0.25) is 0 Å². The van der Waals surface area contributed by atoms with Crippen LogP contribution in [-0.2, 0) is 13.6 Å². The van der Waals surface area contributed by atoms with E-state index in [4.69, 9.17) is 8.85 Å². The van der Waals surface area contributed by atoms with E-state index in [1.165, 1.54) is 45.1 Å². The minimum Gasteiger partial charge on any atom is -0.462 e. The first-order valence-electron chi connectivity index (χ1n) is 7.96. The summed E-state index contributed by atoms with van der Waals surface area (Å²) in [4.78, 5) is 11.2. The van der Waals surface area contributed by atoms with Gasteiger partial charge in [0.1, 0.15) is 6.10 Å². The van der Waals surface area contributed by atoms with Gasteiger partial charge in [0, 0.05) is 6.92 Å². The zero-order valence-corrected chi connectivity index (χ0v) is 15.8. The van der Waals surface area contributed by atoms with Gasteiger partial charge in [-0.15, -0.1) is 0 Å². The monoisotopic (exact) mass is 315 g/mol. The van der Waals surface area contributed by atoms with Crippen LogP contribution in [0.2, 0.25) is 32.2 Å². The lowest BCUT2D eigenvalue weighted by atomic mass is 9.83. The molecule has 5 heteroatoms. The van der Waals surface area contributed by atoms with Crippen molar-refractivity contribution in [1.82, 2.24) is 0 Å². The van der Waals surface area contributed by atoms with Crippen LogP contribution in [0.5, 0.6) is 0 Å². The lowest BCUT2D eigenvalue weighted by Crippen LogP contribution is -2.35. The molecule has 3 nitrogen and oxygen atoms in total. The average Bonchev–Trinajstić information content (AvgIpc) is 2.28. The normalized spacial score (nSPS) is 23.9. The topological polar surface area (TPSA) is 35.5 Å². The highest BCUT2D eigenvalue weighted by molar-refractivity contribution is 6.77. The molecule has 2 unspecified atom stereocenters. The number of carbonyl (C=O) groups is 1. The fourth-order valence-corrected chi connectivity index (χ4v) is 9.15. The molecule has 0 amide bonds. The Bertz CT molecular complexity index is 305. The van der Waals surface area contributed by atoms with Gasteiger partial charge in [0.05, 0.1) is 0 Å². The maximum atomic E-state index is 11.2. The Labute approximate surface area is 127 Å². The minimum atomic E-state index is -1.47. The van der Waals surface area contributed by atoms with Crippen molar-refractivity contribution in [2.45, 2.75) is 83.8 Å². The molecular formula is C15H31O3Si2. The molecule has 0 bridgehead atoms. The van der Waals surface area contributed by atoms with Crippen LogP contribution >= 0.6 is 0 Å². The molecule has 1 saturated carbocycles. The summed E-state index contributed by atoms with van der Waals surface area (Å²) in [6, 6.07) is 1.23. The zero-order chi connectivity index (χ0) is 15.2. The molecule has 0 aromatic rings. The minimum absolute atomic E-state index is 0.121. The number of carbonyl (C=O) groups excluding carboxylic acids is 1. The van der Waals surface area contributed by atoms with Crippen LogP contribution < -0.4 is 0 Å². The predicted molar refractivity (Wildman–Crippen MR) is 87.6 cm³/mol. The van der Waals surface area contributed by atoms with E-state index in [2.05, 4.69) is 26.2 Å². The second kappa shape index (κ2) is 8.34. The molecule has 0 aromatic heterocycles. The number of esters is 1. The molecule has 117 valence electrons. The number of ether oxygens (including phenoxy) is 1. The summed E-state index contributed by atoms with van der Waals surface area (Å²) in [5.41, 5.74) is 0. The largest absolute Gasteiger partial charge is 0.462 e. The van der Waals surface area contributed by atoms with Crippen LogP contribution in [0.1, 0.15) is 45.4 Å². The van der Waals surface area contributed by atoms with Gasteiger partial charge in [0.15, 0.2) is 17.4 Å². The van der Waals surface area contributed by atoms with Crippen molar-refractivity contribution in [2.24, 2.45) is 5.92 Å². The first-order chi connectivity index (χ1) is 9.30. The van der Waals surface area contributed by atoms with Crippen LogP contribution in [0.4, 0.5) is 0 Å². The molecule has 1 aliphatic carbocycles. The molecule has 0 heterocycles. The molecule has 0 spiro atoms. The van der Waals surface area contributed by atoms with Crippen molar-refractivity contribution >= 4 is 23.3 Å². The SMILES string of the molecule is CC(=O)OC1CCCCC1CCC[Si](C)(C)O[Si](C)C. The van der Waals surface area contributed by atoms with Crippen molar-refractivity contribution in [1.29, 1.82) is 0 Å². The second-order valence-corrected chi connectivity index (χ2v) is 13.5. The van der Waals surface area contributed by atoms with Crippen molar-refractivity contribution < 1.29 is 13.6 Å². The average molecular weight is 316 g/mol. The van der Waals surface area contributed by atoms with Gasteiger partial charge in [-0.1, -0.05) is 12.8 Å². The molecule has 0 N–H and O–H groups in total. The number of hydrogen-bond donors (Lipinski definition) is 0. The lowest BCUT2D eigenvalue weighted by Gasteiger charge is -2.32. The van der Waals surface area contributed by atoms with E-state index in [0.717, 1.165) is 6.42 Å². The molecule has 0 saturated heterocycles. The van der Waals surface area contributed by atoms with Crippen molar-refractivity contribution in [3.63, 3.8) is 0 Å². The third-order valence-corrected chi connectivity index (χ3v) is 9.39. The Kier molecular flexibility index (Phi) is 7.47. The third-order valence-electron chi connectivity index (χ3n) is 3.99. The van der Waals surface area contributed by atoms with E-state index in [9.17, 15) is 4.79 Å². The zero-order valence-electron chi connectivity index (χ0n) is 13.8. The Morgan fingerprint density at radius 2 is 1.90 bits per heavy atom. The van der Waals surface area contributed by atoms with Gasteiger partial charge in [-0.3, -0.25) is 4.79 Å². The van der Waals surface area contributed by atoms with Crippen LogP contribution in [-0.4, -0.2) is 29.4 Å². The smallest absolute Gasteiger partial charge is 0.302 e. The number of hydrogen-bond acceptors (Lipinski definition) is 3. The van der Waals surface area contributed by atoms with Crippen molar-refractivity contribution in [2.75, 3.05) is 0 Å². The maximum absolute atomic E-state index is 11.2. The van der Waals surface area contributed by atoms with E-state index in [0.29, 0.717) is 5.92 Å². The van der Waals surface area contributed by atoms with Crippen molar-refractivity contribution in [3.8, 4) is 0 Å². The molecule has 1 radical (unpaired) electrons. The van der Waals surface area contributed by atoms with E-state index < -0.39 is 17.4 Å². The van der Waals surface area contributed by atoms with Gasteiger partial charge in [-0.25, -0.2) is 0 Å². The van der Waals surface area contributed by atoms with E-state index >= 15 is 0 Å². The Hall–Kier alpha value is -0.136. The summed E-state index contributed by atoms with van der Waals surface area (Å²) < 4.78 is 11.7. The fourth-order valence-electron chi connectivity index (χ4n) is 3.27. The Morgan fingerprint density at radius 1 is 1.25 bits per heavy atom. The summed E-state index contributed by atoms with van der Waals surface area (Å²) in [7, 11) is -2.05. The van der Waals surface area contributed by atoms with E-state index in [1.807, 2.05) is 0 Å². The molecule has 1 aliphatic rings. The molecular weight excluding hydrogens is 284 g/mol. The molecule has 1 fully saturated rings. The first kappa shape index (κ1) is 17.9. The molecule has 1 rings (SSSR count). The van der Waals surface area contributed by atoms with Crippen LogP contribution in [0, 0.1) is 5.92 Å². The van der Waals surface area contributed by atoms with Crippen LogP contribution in [0.25, 0.3) is 0 Å². The predicted octanol–water partition coefficient (Wildman–Crippen LogP) is 4.36.